The maximum Gasteiger partial charge on any atom is 0.515 e. The zero-order chi connectivity index (χ0) is 26.0. The van der Waals surface area contributed by atoms with Crippen LogP contribution in [0.25, 0.3) is 0 Å². The fourth-order valence-corrected chi connectivity index (χ4v) is 20.5. The summed E-state index contributed by atoms with van der Waals surface area (Å²) in [5.41, 5.74) is 6.69. The number of amides is 2. The van der Waals surface area contributed by atoms with E-state index in [4.69, 9.17) is 45.6 Å². The first-order valence-corrected chi connectivity index (χ1v) is 15.5. The van der Waals surface area contributed by atoms with Crippen LogP contribution in [-0.4, -0.2) is 96.4 Å². The molecule has 0 bridgehead atoms. The third kappa shape index (κ3) is 5.15. The highest BCUT2D eigenvalue weighted by atomic mass is 28.5. The van der Waals surface area contributed by atoms with Crippen molar-refractivity contribution in [2.45, 2.75) is 17.1 Å². The van der Waals surface area contributed by atoms with Crippen molar-refractivity contribution in [2.75, 3.05) is 69.3 Å². The molecule has 0 aromatic heterocycles. The zero-order valence-corrected chi connectivity index (χ0v) is 24.4. The van der Waals surface area contributed by atoms with Crippen LogP contribution < -0.4 is 11.1 Å². The van der Waals surface area contributed by atoms with Crippen molar-refractivity contribution in [3.8, 4) is 0 Å². The fraction of sp³-hybridized carbons (Fsp3) is 0.632. The molecule has 0 fully saturated rings. The summed E-state index contributed by atoms with van der Waals surface area (Å²) in [6.45, 7) is 0. The van der Waals surface area contributed by atoms with Crippen molar-refractivity contribution in [3.63, 3.8) is 0 Å². The standard InChI is InChI=1S/C19H38N2O10Si3/c1-23-32(24-2,25-3)19(33(26-4,27-5)28-6,34(29-7,30-8)31-9)15-14-16-10-12-17(13-11-16)21-18(20)22/h10-13H,14-15H2,1-9H3,(H3,20,21,22). The average Bonchev–Trinajstić information content (AvgIpc) is 2.87. The van der Waals surface area contributed by atoms with Gasteiger partial charge in [0.2, 0.25) is 0 Å². The van der Waals surface area contributed by atoms with Crippen LogP contribution in [0.2, 0.25) is 4.28 Å². The normalized spacial score (nSPS) is 13.2. The number of rotatable bonds is 16. The third-order valence-electron chi connectivity index (χ3n) is 6.00. The van der Waals surface area contributed by atoms with Gasteiger partial charge in [0.15, 0.2) is 4.28 Å². The van der Waals surface area contributed by atoms with E-state index in [9.17, 15) is 4.79 Å². The second-order valence-corrected chi connectivity index (χ2v) is 18.2. The van der Waals surface area contributed by atoms with Crippen LogP contribution in [0.5, 0.6) is 0 Å². The van der Waals surface area contributed by atoms with E-state index in [1.807, 2.05) is 12.1 Å². The Hall–Kier alpha value is -1.22. The first-order valence-electron chi connectivity index (χ1n) is 10.3. The quantitative estimate of drug-likeness (QED) is 0.298. The molecule has 1 rings (SSSR count). The van der Waals surface area contributed by atoms with E-state index >= 15 is 0 Å². The van der Waals surface area contributed by atoms with Gasteiger partial charge in [-0.15, -0.1) is 0 Å². The molecule has 1 aromatic rings. The number of hydrogen-bond acceptors (Lipinski definition) is 10. The Kier molecular flexibility index (Phi) is 12.0. The summed E-state index contributed by atoms with van der Waals surface area (Å²) in [7, 11) is 2.02. The number of urea groups is 1. The molecule has 3 N–H and O–H groups in total. The lowest BCUT2D eigenvalue weighted by Crippen LogP contribution is -2.80. The van der Waals surface area contributed by atoms with Gasteiger partial charge in [-0.05, 0) is 30.5 Å². The number of nitrogens with two attached hydrogens (primary N) is 1. The van der Waals surface area contributed by atoms with Crippen LogP contribution in [0, 0.1) is 0 Å². The zero-order valence-electron chi connectivity index (χ0n) is 21.4. The van der Waals surface area contributed by atoms with Gasteiger partial charge in [0.25, 0.3) is 0 Å². The molecule has 0 heterocycles. The lowest BCUT2D eigenvalue weighted by molar-refractivity contribution is 0.0296. The van der Waals surface area contributed by atoms with Crippen molar-refractivity contribution in [2.24, 2.45) is 5.73 Å². The topological polar surface area (TPSA) is 138 Å². The Bertz CT molecular complexity index is 684. The minimum Gasteiger partial charge on any atom is -0.377 e. The molecule has 34 heavy (non-hydrogen) atoms. The Morgan fingerprint density at radius 3 is 1.29 bits per heavy atom. The number of primary amides is 1. The molecule has 0 aliphatic heterocycles. The number of carbonyl (C=O) groups excluding carboxylic acids is 1. The molecule has 0 aliphatic carbocycles. The highest BCUT2D eigenvalue weighted by molar-refractivity contribution is 7.02. The number of benzene rings is 1. The van der Waals surface area contributed by atoms with Crippen LogP contribution >= 0.6 is 0 Å². The van der Waals surface area contributed by atoms with Gasteiger partial charge < -0.3 is 50.9 Å². The molecule has 12 nitrogen and oxygen atoms in total. The van der Waals surface area contributed by atoms with Gasteiger partial charge in [-0.1, -0.05) is 12.1 Å². The Morgan fingerprint density at radius 1 is 0.706 bits per heavy atom. The summed E-state index contributed by atoms with van der Waals surface area (Å²) in [4.78, 5) is 11.1. The number of nitrogens with one attached hydrogen (secondary N) is 1. The predicted molar refractivity (Wildman–Crippen MR) is 131 cm³/mol. The van der Waals surface area contributed by atoms with Crippen LogP contribution in [-0.2, 0) is 46.3 Å². The van der Waals surface area contributed by atoms with Gasteiger partial charge in [0, 0.05) is 69.7 Å². The first kappa shape index (κ1) is 30.8. The lowest BCUT2D eigenvalue weighted by Gasteiger charge is -2.53. The Labute approximate surface area is 205 Å². The Morgan fingerprint density at radius 2 is 1.03 bits per heavy atom. The molecule has 0 radical (unpaired) electrons. The molecule has 0 aliphatic rings. The van der Waals surface area contributed by atoms with Gasteiger partial charge in [0.05, 0.1) is 0 Å². The molecule has 0 saturated carbocycles. The summed E-state index contributed by atoms with van der Waals surface area (Å²) >= 11 is 0. The lowest BCUT2D eigenvalue weighted by atomic mass is 10.1. The van der Waals surface area contributed by atoms with E-state index in [0.717, 1.165) is 5.56 Å². The molecule has 1 aromatic carbocycles. The molecule has 0 spiro atoms. The summed E-state index contributed by atoms with van der Waals surface area (Å²) in [6.07, 6.45) is 0.734. The van der Waals surface area contributed by atoms with Gasteiger partial charge >= 0.3 is 32.4 Å². The van der Waals surface area contributed by atoms with Crippen LogP contribution in [0.15, 0.2) is 24.3 Å². The molecule has 2 amide bonds. The van der Waals surface area contributed by atoms with Crippen molar-refractivity contribution < 1.29 is 44.6 Å². The largest absolute Gasteiger partial charge is 0.515 e. The monoisotopic (exact) mass is 538 g/mol. The van der Waals surface area contributed by atoms with E-state index in [0.29, 0.717) is 12.1 Å². The SMILES string of the molecule is CO[Si](OC)(OC)C(CCc1ccc(NC(N)=O)cc1)([Si](OC)(OC)OC)[Si](OC)(OC)OC. The van der Waals surface area contributed by atoms with Crippen LogP contribution in [0.1, 0.15) is 12.0 Å². The van der Waals surface area contributed by atoms with E-state index in [2.05, 4.69) is 5.32 Å². The molecule has 196 valence electrons. The van der Waals surface area contributed by atoms with Crippen LogP contribution in [0.4, 0.5) is 10.5 Å². The van der Waals surface area contributed by atoms with Crippen molar-refractivity contribution >= 4 is 38.1 Å². The third-order valence-corrected chi connectivity index (χ3v) is 20.2. The van der Waals surface area contributed by atoms with Crippen molar-refractivity contribution in [1.82, 2.24) is 0 Å². The second-order valence-electron chi connectivity index (χ2n) is 7.10. The number of anilines is 1. The predicted octanol–water partition coefficient (Wildman–Crippen LogP) is 1.56. The minimum absolute atomic E-state index is 0.279. The van der Waals surface area contributed by atoms with E-state index in [1.165, 1.54) is 64.0 Å². The molecular weight excluding hydrogens is 500 g/mol. The summed E-state index contributed by atoms with van der Waals surface area (Å²) < 4.78 is 52.6. The maximum atomic E-state index is 11.1. The number of hydrogen-bond donors (Lipinski definition) is 2. The van der Waals surface area contributed by atoms with E-state index in [-0.39, 0.29) is 6.42 Å². The highest BCUT2D eigenvalue weighted by Crippen LogP contribution is 2.58. The minimum atomic E-state index is -3.78. The summed E-state index contributed by atoms with van der Waals surface area (Å²) in [6, 6.07) is 6.57. The maximum absolute atomic E-state index is 11.1. The molecular formula is C19H38N2O10Si3. The van der Waals surface area contributed by atoms with E-state index in [1.54, 1.807) is 12.1 Å². The summed E-state index contributed by atoms with van der Waals surface area (Å²) in [5.74, 6) is 0. The fourth-order valence-electron chi connectivity index (χ4n) is 4.57. The van der Waals surface area contributed by atoms with E-state index < -0.39 is 36.7 Å². The second kappa shape index (κ2) is 13.2. The van der Waals surface area contributed by atoms with Crippen molar-refractivity contribution in [1.29, 1.82) is 0 Å². The number of aryl methyl sites for hydroxylation is 1. The number of carbonyl (C=O) groups is 1. The van der Waals surface area contributed by atoms with Gasteiger partial charge in [-0.25, -0.2) is 4.79 Å². The van der Waals surface area contributed by atoms with Gasteiger partial charge in [0.1, 0.15) is 0 Å². The average molecular weight is 539 g/mol. The summed E-state index contributed by atoms with van der Waals surface area (Å²) in [5, 5.41) is 2.54. The molecule has 0 unspecified atom stereocenters. The van der Waals surface area contributed by atoms with Crippen molar-refractivity contribution in [3.05, 3.63) is 29.8 Å². The van der Waals surface area contributed by atoms with Crippen LogP contribution in [0.3, 0.4) is 0 Å². The molecule has 0 atom stereocenters. The first-order chi connectivity index (χ1) is 16.2. The smallest absolute Gasteiger partial charge is 0.377 e. The van der Waals surface area contributed by atoms with Gasteiger partial charge in [-0.3, -0.25) is 0 Å². The highest BCUT2D eigenvalue weighted by Gasteiger charge is 2.88. The molecule has 15 heteroatoms. The molecule has 0 saturated heterocycles. The Balaban J connectivity index is 3.84. The van der Waals surface area contributed by atoms with Gasteiger partial charge in [-0.2, -0.15) is 0 Å².